The number of aliphatic hydroxyl groups excluding tert-OH is 4. The molecular formula is C25H37NO12. The second-order valence-electron chi connectivity index (χ2n) is 10.8. The Morgan fingerprint density at radius 2 is 1.47 bits per heavy atom. The van der Waals surface area contributed by atoms with Gasteiger partial charge in [-0.25, -0.2) is 14.4 Å². The largest absolute Gasteiger partial charge is 0.514 e. The predicted octanol–water partition coefficient (Wildman–Crippen LogP) is 0.779. The highest BCUT2D eigenvalue weighted by molar-refractivity contribution is 5.81. The summed E-state index contributed by atoms with van der Waals surface area (Å²) in [6, 6.07) is 4.85. The van der Waals surface area contributed by atoms with Gasteiger partial charge in [0.25, 0.3) is 0 Å². The van der Waals surface area contributed by atoms with Crippen molar-refractivity contribution in [1.82, 2.24) is 5.32 Å². The number of carbonyl (C=O) groups is 3. The molecule has 13 nitrogen and oxygen atoms in total. The first-order chi connectivity index (χ1) is 17.4. The summed E-state index contributed by atoms with van der Waals surface area (Å²) in [6.45, 7) is 9.45. The van der Waals surface area contributed by atoms with Gasteiger partial charge in [0.05, 0.1) is 0 Å². The number of nitrogens with one attached hydrogen (secondary N) is 1. The molecule has 1 heterocycles. The first-order valence-corrected chi connectivity index (χ1v) is 12.0. The smallest absolute Gasteiger partial charge is 0.461 e. The van der Waals surface area contributed by atoms with E-state index >= 15 is 0 Å². The van der Waals surface area contributed by atoms with Crippen LogP contribution in [0.1, 0.15) is 47.1 Å². The maximum Gasteiger partial charge on any atom is 0.514 e. The van der Waals surface area contributed by atoms with Crippen molar-refractivity contribution in [3.8, 4) is 5.75 Å². The van der Waals surface area contributed by atoms with Gasteiger partial charge >= 0.3 is 18.2 Å². The van der Waals surface area contributed by atoms with E-state index in [2.05, 4.69) is 5.32 Å². The standard InChI is InChI=1S/C25H37NO12/c1-24(2,3)37-22(32)26-15(20(30)34-12-16-17(27)18(28)19(29)21(31)36-16)11-13-7-9-14(10-8-13)35-23(33)38-25(4,5)6/h7-10,15-19,21,27-29,31H,11-12H2,1-6H3,(H,26,32)/t15-,16+,17+,18-,19-,21+/m1/s1. The number of carbonyl (C=O) groups excluding carboxylic acids is 3. The number of amides is 1. The van der Waals surface area contributed by atoms with Crippen molar-refractivity contribution < 1.29 is 58.5 Å². The van der Waals surface area contributed by atoms with Crippen LogP contribution >= 0.6 is 0 Å². The number of alkyl carbamates (subject to hydrolysis) is 1. The Hall–Kier alpha value is -2.97. The van der Waals surface area contributed by atoms with Gasteiger partial charge in [-0.1, -0.05) is 12.1 Å². The highest BCUT2D eigenvalue weighted by Gasteiger charge is 2.43. The van der Waals surface area contributed by atoms with Crippen LogP contribution in [0.5, 0.6) is 5.75 Å². The topological polar surface area (TPSA) is 190 Å². The number of hydrogen-bond acceptors (Lipinski definition) is 12. The summed E-state index contributed by atoms with van der Waals surface area (Å²) >= 11 is 0. The van der Waals surface area contributed by atoms with Gasteiger partial charge in [0, 0.05) is 6.42 Å². The van der Waals surface area contributed by atoms with Gasteiger partial charge in [-0.2, -0.15) is 0 Å². The lowest BCUT2D eigenvalue weighted by Gasteiger charge is -2.38. The molecule has 1 amide bonds. The van der Waals surface area contributed by atoms with Crippen molar-refractivity contribution in [2.75, 3.05) is 6.61 Å². The predicted molar refractivity (Wildman–Crippen MR) is 130 cm³/mol. The molecule has 0 unspecified atom stereocenters. The van der Waals surface area contributed by atoms with Crippen LogP contribution in [-0.2, 0) is 30.2 Å². The van der Waals surface area contributed by atoms with Gasteiger partial charge in [-0.3, -0.25) is 0 Å². The lowest BCUT2D eigenvalue weighted by molar-refractivity contribution is -0.287. The van der Waals surface area contributed by atoms with Crippen LogP contribution in [0.3, 0.4) is 0 Å². The third kappa shape index (κ3) is 10.1. The Balaban J connectivity index is 2.08. The second-order valence-corrected chi connectivity index (χ2v) is 10.8. The van der Waals surface area contributed by atoms with Crippen LogP contribution in [0, 0.1) is 0 Å². The number of rotatable bonds is 7. The fourth-order valence-electron chi connectivity index (χ4n) is 3.27. The van der Waals surface area contributed by atoms with E-state index < -0.39 is 72.8 Å². The number of esters is 1. The number of aliphatic hydroxyl groups is 4. The molecule has 6 atom stereocenters. The van der Waals surface area contributed by atoms with Crippen LogP contribution in [0.2, 0.25) is 0 Å². The lowest BCUT2D eigenvalue weighted by atomic mass is 9.99. The first-order valence-electron chi connectivity index (χ1n) is 12.0. The van der Waals surface area contributed by atoms with Crippen LogP contribution in [0.15, 0.2) is 24.3 Å². The molecule has 5 N–H and O–H groups in total. The van der Waals surface area contributed by atoms with Gasteiger partial charge in [-0.15, -0.1) is 0 Å². The third-order valence-corrected chi connectivity index (χ3v) is 5.01. The Labute approximate surface area is 220 Å². The average Bonchev–Trinajstić information content (AvgIpc) is 2.77. The van der Waals surface area contributed by atoms with Crippen molar-refractivity contribution in [1.29, 1.82) is 0 Å². The normalized spacial score (nSPS) is 24.6. The monoisotopic (exact) mass is 543 g/mol. The van der Waals surface area contributed by atoms with E-state index in [1.165, 1.54) is 12.1 Å². The van der Waals surface area contributed by atoms with Crippen molar-refractivity contribution in [3.05, 3.63) is 29.8 Å². The molecule has 0 bridgehead atoms. The summed E-state index contributed by atoms with van der Waals surface area (Å²) < 4.78 is 25.6. The minimum absolute atomic E-state index is 0.0527. The van der Waals surface area contributed by atoms with Crippen molar-refractivity contribution in [2.45, 2.75) is 95.9 Å². The molecule has 1 aromatic carbocycles. The maximum absolute atomic E-state index is 12.9. The molecule has 0 aliphatic carbocycles. The van der Waals surface area contributed by atoms with Crippen LogP contribution in [0.4, 0.5) is 9.59 Å². The van der Waals surface area contributed by atoms with E-state index in [0.29, 0.717) is 5.56 Å². The van der Waals surface area contributed by atoms with Gasteiger partial charge in [0.2, 0.25) is 0 Å². The summed E-state index contributed by atoms with van der Waals surface area (Å²) in [7, 11) is 0. The molecule has 1 saturated heterocycles. The molecule has 0 saturated carbocycles. The Kier molecular flexibility index (Phi) is 10.5. The van der Waals surface area contributed by atoms with Crippen LogP contribution in [-0.4, -0.2) is 93.2 Å². The third-order valence-electron chi connectivity index (χ3n) is 5.01. The van der Waals surface area contributed by atoms with Gasteiger partial charge in [-0.05, 0) is 59.2 Å². The molecule has 0 spiro atoms. The van der Waals surface area contributed by atoms with Crippen LogP contribution in [0.25, 0.3) is 0 Å². The number of ether oxygens (including phenoxy) is 5. The molecule has 1 aliphatic rings. The SMILES string of the molecule is CC(C)(C)OC(=O)N[C@H](Cc1ccc(OC(=O)OC(C)(C)C)cc1)C(=O)OC[C@@H]1O[C@H](O)[C@H](O)[C@H](O)[C@H]1O. The van der Waals surface area contributed by atoms with Gasteiger partial charge in [0.15, 0.2) is 6.29 Å². The van der Waals surface area contributed by atoms with E-state index in [0.717, 1.165) is 0 Å². The summed E-state index contributed by atoms with van der Waals surface area (Å²) in [5.74, 6) is -0.721. The Bertz CT molecular complexity index is 953. The summed E-state index contributed by atoms with van der Waals surface area (Å²) in [5, 5.41) is 41.6. The van der Waals surface area contributed by atoms with E-state index in [1.54, 1.807) is 53.7 Å². The van der Waals surface area contributed by atoms with Gasteiger partial charge in [0.1, 0.15) is 54.0 Å². The zero-order valence-corrected chi connectivity index (χ0v) is 22.2. The molecule has 0 radical (unpaired) electrons. The Morgan fingerprint density at radius 1 is 0.895 bits per heavy atom. The zero-order valence-electron chi connectivity index (χ0n) is 22.2. The highest BCUT2D eigenvalue weighted by Crippen LogP contribution is 2.21. The minimum Gasteiger partial charge on any atom is -0.461 e. The molecule has 1 aliphatic heterocycles. The molecule has 1 fully saturated rings. The molecule has 2 rings (SSSR count). The van der Waals surface area contributed by atoms with Crippen molar-refractivity contribution in [2.24, 2.45) is 0 Å². The van der Waals surface area contributed by atoms with E-state index in [-0.39, 0.29) is 12.2 Å². The first kappa shape index (κ1) is 31.2. The summed E-state index contributed by atoms with van der Waals surface area (Å²) in [4.78, 5) is 37.1. The average molecular weight is 544 g/mol. The molecular weight excluding hydrogens is 506 g/mol. The lowest BCUT2D eigenvalue weighted by Crippen LogP contribution is -2.59. The molecule has 1 aromatic rings. The highest BCUT2D eigenvalue weighted by atomic mass is 16.7. The molecule has 13 heteroatoms. The number of hydrogen-bond donors (Lipinski definition) is 5. The van der Waals surface area contributed by atoms with E-state index in [1.807, 2.05) is 0 Å². The van der Waals surface area contributed by atoms with Crippen molar-refractivity contribution >= 4 is 18.2 Å². The molecule has 214 valence electrons. The maximum atomic E-state index is 12.9. The summed E-state index contributed by atoms with van der Waals surface area (Å²) in [5.41, 5.74) is -1.01. The fourth-order valence-corrected chi connectivity index (χ4v) is 3.27. The van der Waals surface area contributed by atoms with Crippen molar-refractivity contribution in [3.63, 3.8) is 0 Å². The fraction of sp³-hybridized carbons (Fsp3) is 0.640. The second kappa shape index (κ2) is 12.7. The van der Waals surface area contributed by atoms with E-state index in [9.17, 15) is 34.8 Å². The minimum atomic E-state index is -1.80. The summed E-state index contributed by atoms with van der Waals surface area (Å²) in [6.07, 6.45) is -10.0. The molecule has 0 aromatic heterocycles. The van der Waals surface area contributed by atoms with E-state index in [4.69, 9.17) is 23.7 Å². The zero-order chi connectivity index (χ0) is 28.8. The molecule has 38 heavy (non-hydrogen) atoms. The van der Waals surface area contributed by atoms with Crippen LogP contribution < -0.4 is 10.1 Å². The quantitative estimate of drug-likeness (QED) is 0.185. The Morgan fingerprint density at radius 3 is 2.03 bits per heavy atom. The number of benzene rings is 1. The van der Waals surface area contributed by atoms with Gasteiger partial charge < -0.3 is 49.4 Å².